The minimum atomic E-state index is 1.04. The molecule has 0 saturated heterocycles. The van der Waals surface area contributed by atoms with Crippen molar-refractivity contribution >= 4 is 0 Å². The predicted molar refractivity (Wildman–Crippen MR) is 46.1 cm³/mol. The summed E-state index contributed by atoms with van der Waals surface area (Å²) in [6, 6.07) is 6.11. The van der Waals surface area contributed by atoms with E-state index in [-0.39, 0.29) is 0 Å². The van der Waals surface area contributed by atoms with Gasteiger partial charge in [-0.15, -0.1) is 0 Å². The highest BCUT2D eigenvalue weighted by atomic mass is 14.9. The van der Waals surface area contributed by atoms with Gasteiger partial charge in [0, 0.05) is 18.6 Å². The van der Waals surface area contributed by atoms with Crippen molar-refractivity contribution < 1.29 is 4.57 Å². The Balaban J connectivity index is 2.45. The molecule has 58 valence electrons. The molecule has 0 aromatic carbocycles. The molecule has 0 atom stereocenters. The average Bonchev–Trinajstić information content (AvgIpc) is 2.03. The Morgan fingerprint density at radius 3 is 2.45 bits per heavy atom. The van der Waals surface area contributed by atoms with E-state index in [0.29, 0.717) is 0 Å². The lowest BCUT2D eigenvalue weighted by atomic mass is 10.2. The fraction of sp³-hybridized carbons (Fsp3) is 0.300. The van der Waals surface area contributed by atoms with Gasteiger partial charge in [0.15, 0.2) is 18.9 Å². The van der Waals surface area contributed by atoms with Gasteiger partial charge in [-0.1, -0.05) is 18.2 Å². The average molecular weight is 148 g/mol. The van der Waals surface area contributed by atoms with Crippen molar-refractivity contribution in [3.8, 4) is 0 Å². The van der Waals surface area contributed by atoms with Gasteiger partial charge in [0.05, 0.1) is 0 Å². The molecular formula is C10H14N+. The Bertz CT molecular complexity index is 226. The van der Waals surface area contributed by atoms with Crippen molar-refractivity contribution in [3.05, 3.63) is 42.7 Å². The van der Waals surface area contributed by atoms with Crippen LogP contribution in [0.4, 0.5) is 0 Å². The van der Waals surface area contributed by atoms with Crippen LogP contribution in [-0.2, 0) is 6.54 Å². The van der Waals surface area contributed by atoms with Crippen LogP contribution < -0.4 is 4.57 Å². The third-order valence-electron chi connectivity index (χ3n) is 1.57. The van der Waals surface area contributed by atoms with Crippen molar-refractivity contribution in [1.82, 2.24) is 0 Å². The van der Waals surface area contributed by atoms with Crippen molar-refractivity contribution in [2.75, 3.05) is 0 Å². The van der Waals surface area contributed by atoms with E-state index in [1.165, 1.54) is 5.57 Å². The maximum absolute atomic E-state index is 3.86. The van der Waals surface area contributed by atoms with Gasteiger partial charge in [-0.25, -0.2) is 4.57 Å². The first-order valence-corrected chi connectivity index (χ1v) is 3.87. The SMILES string of the molecule is C=C(C)CC[n+]1ccccc1. The number of aryl methyl sites for hydroxylation is 1. The fourth-order valence-corrected chi connectivity index (χ4v) is 0.903. The number of hydrogen-bond acceptors (Lipinski definition) is 0. The van der Waals surface area contributed by atoms with Gasteiger partial charge in [0.1, 0.15) is 0 Å². The third-order valence-corrected chi connectivity index (χ3v) is 1.57. The molecule has 1 rings (SSSR count). The largest absolute Gasteiger partial charge is 0.205 e. The Morgan fingerprint density at radius 1 is 1.27 bits per heavy atom. The van der Waals surface area contributed by atoms with E-state index in [4.69, 9.17) is 0 Å². The molecule has 0 saturated carbocycles. The van der Waals surface area contributed by atoms with Crippen molar-refractivity contribution in [2.45, 2.75) is 19.9 Å². The second-order valence-electron chi connectivity index (χ2n) is 2.82. The van der Waals surface area contributed by atoms with Crippen LogP contribution in [0.3, 0.4) is 0 Å². The van der Waals surface area contributed by atoms with E-state index in [1.54, 1.807) is 0 Å². The molecule has 11 heavy (non-hydrogen) atoms. The van der Waals surface area contributed by atoms with E-state index < -0.39 is 0 Å². The second-order valence-corrected chi connectivity index (χ2v) is 2.82. The maximum atomic E-state index is 3.86. The van der Waals surface area contributed by atoms with Gasteiger partial charge < -0.3 is 0 Å². The van der Waals surface area contributed by atoms with E-state index in [9.17, 15) is 0 Å². The van der Waals surface area contributed by atoms with Gasteiger partial charge >= 0.3 is 0 Å². The first-order valence-electron chi connectivity index (χ1n) is 3.87. The van der Waals surface area contributed by atoms with Crippen LogP contribution in [0.15, 0.2) is 42.7 Å². The normalized spacial score (nSPS) is 9.55. The monoisotopic (exact) mass is 148 g/mol. The number of hydrogen-bond donors (Lipinski definition) is 0. The van der Waals surface area contributed by atoms with Crippen molar-refractivity contribution in [1.29, 1.82) is 0 Å². The predicted octanol–water partition coefficient (Wildman–Crippen LogP) is 1.94. The Kier molecular flexibility index (Phi) is 2.84. The molecule has 0 unspecified atom stereocenters. The summed E-state index contributed by atoms with van der Waals surface area (Å²) in [5, 5.41) is 0. The fourth-order valence-electron chi connectivity index (χ4n) is 0.903. The minimum Gasteiger partial charge on any atom is -0.205 e. The molecule has 0 aliphatic carbocycles. The molecule has 1 heteroatoms. The third kappa shape index (κ3) is 2.99. The Labute approximate surface area is 68.0 Å². The summed E-state index contributed by atoms with van der Waals surface area (Å²) in [7, 11) is 0. The Hall–Kier alpha value is -1.11. The topological polar surface area (TPSA) is 3.88 Å². The quantitative estimate of drug-likeness (QED) is 0.455. The van der Waals surface area contributed by atoms with Crippen molar-refractivity contribution in [2.24, 2.45) is 0 Å². The van der Waals surface area contributed by atoms with Crippen LogP contribution in [-0.4, -0.2) is 0 Å². The lowest BCUT2D eigenvalue weighted by molar-refractivity contribution is -0.696. The summed E-state index contributed by atoms with van der Waals surface area (Å²) >= 11 is 0. The molecule has 0 N–H and O–H groups in total. The van der Waals surface area contributed by atoms with Gasteiger partial charge in [-0.3, -0.25) is 0 Å². The molecule has 0 spiro atoms. The summed E-state index contributed by atoms with van der Waals surface area (Å²) < 4.78 is 2.16. The first-order chi connectivity index (χ1) is 5.29. The summed E-state index contributed by atoms with van der Waals surface area (Å²) in [5.74, 6) is 0. The molecule has 1 heterocycles. The van der Waals surface area contributed by atoms with Crippen LogP contribution in [0.2, 0.25) is 0 Å². The molecule has 1 nitrogen and oxygen atoms in total. The van der Waals surface area contributed by atoms with Crippen LogP contribution >= 0.6 is 0 Å². The van der Waals surface area contributed by atoms with Crippen LogP contribution in [0, 0.1) is 0 Å². The molecule has 0 fully saturated rings. The van der Waals surface area contributed by atoms with Crippen LogP contribution in [0.1, 0.15) is 13.3 Å². The number of pyridine rings is 1. The maximum Gasteiger partial charge on any atom is 0.168 e. The number of aromatic nitrogens is 1. The molecule has 1 aromatic rings. The van der Waals surface area contributed by atoms with Gasteiger partial charge in [-0.2, -0.15) is 0 Å². The van der Waals surface area contributed by atoms with Gasteiger partial charge in [0.2, 0.25) is 0 Å². The zero-order valence-electron chi connectivity index (χ0n) is 6.96. The molecule has 0 radical (unpaired) electrons. The molecule has 0 amide bonds. The second kappa shape index (κ2) is 3.91. The highest BCUT2D eigenvalue weighted by Crippen LogP contribution is 1.93. The van der Waals surface area contributed by atoms with Gasteiger partial charge in [0.25, 0.3) is 0 Å². The minimum absolute atomic E-state index is 1.04. The van der Waals surface area contributed by atoms with E-state index in [0.717, 1.165) is 13.0 Å². The Morgan fingerprint density at radius 2 is 1.91 bits per heavy atom. The van der Waals surface area contributed by atoms with Crippen LogP contribution in [0.5, 0.6) is 0 Å². The van der Waals surface area contributed by atoms with Crippen LogP contribution in [0.25, 0.3) is 0 Å². The standard InChI is InChI=1S/C10H14N/c1-10(2)6-9-11-7-4-3-5-8-11/h3-5,7-8H,1,6,9H2,2H3/q+1. The number of allylic oxidation sites excluding steroid dienone is 1. The molecule has 0 bridgehead atoms. The highest BCUT2D eigenvalue weighted by molar-refractivity contribution is 4.87. The summed E-state index contributed by atoms with van der Waals surface area (Å²) in [5.41, 5.74) is 1.24. The lowest BCUT2D eigenvalue weighted by Crippen LogP contribution is -2.32. The van der Waals surface area contributed by atoms with E-state index in [1.807, 2.05) is 18.2 Å². The summed E-state index contributed by atoms with van der Waals surface area (Å²) in [6.45, 7) is 6.95. The molecule has 0 aliphatic rings. The molecule has 1 aromatic heterocycles. The zero-order chi connectivity index (χ0) is 8.10. The highest BCUT2D eigenvalue weighted by Gasteiger charge is 1.95. The summed E-state index contributed by atoms with van der Waals surface area (Å²) in [6.07, 6.45) is 5.21. The molecule has 0 aliphatic heterocycles. The number of nitrogens with zero attached hydrogens (tertiary/aromatic N) is 1. The van der Waals surface area contributed by atoms with E-state index in [2.05, 4.69) is 30.5 Å². The number of rotatable bonds is 3. The summed E-state index contributed by atoms with van der Waals surface area (Å²) in [4.78, 5) is 0. The molecular weight excluding hydrogens is 134 g/mol. The lowest BCUT2D eigenvalue weighted by Gasteiger charge is -1.94. The smallest absolute Gasteiger partial charge is 0.168 e. The van der Waals surface area contributed by atoms with E-state index >= 15 is 0 Å². The van der Waals surface area contributed by atoms with Crippen molar-refractivity contribution in [3.63, 3.8) is 0 Å². The van der Waals surface area contributed by atoms with Gasteiger partial charge in [-0.05, 0) is 6.92 Å². The first kappa shape index (κ1) is 7.99. The zero-order valence-corrected chi connectivity index (χ0v) is 6.96.